The number of carbonyl (C=O) groups is 1. The van der Waals surface area contributed by atoms with Gasteiger partial charge in [-0.1, -0.05) is 23.7 Å². The Morgan fingerprint density at radius 2 is 1.66 bits per heavy atom. The summed E-state index contributed by atoms with van der Waals surface area (Å²) < 4.78 is 51.6. The fraction of sp³-hybridized carbons (Fsp3) is 0.381. The predicted molar refractivity (Wildman–Crippen MR) is 102 cm³/mol. The third kappa shape index (κ3) is 4.20. The van der Waals surface area contributed by atoms with E-state index in [9.17, 15) is 22.4 Å². The second-order valence-electron chi connectivity index (χ2n) is 7.48. The van der Waals surface area contributed by atoms with Crippen molar-refractivity contribution in [2.45, 2.75) is 18.5 Å². The molecule has 3 nitrogen and oxygen atoms in total. The van der Waals surface area contributed by atoms with Crippen LogP contribution in [0.1, 0.15) is 23.5 Å². The third-order valence-corrected chi connectivity index (χ3v) is 5.93. The Morgan fingerprint density at radius 3 is 2.28 bits per heavy atom. The van der Waals surface area contributed by atoms with E-state index in [4.69, 9.17) is 11.6 Å². The minimum absolute atomic E-state index is 0.0273. The number of alkyl halides is 3. The molecule has 4 rings (SSSR count). The second kappa shape index (κ2) is 7.52. The van der Waals surface area contributed by atoms with Gasteiger partial charge in [-0.3, -0.25) is 4.79 Å². The van der Waals surface area contributed by atoms with Crippen LogP contribution in [0.25, 0.3) is 0 Å². The van der Waals surface area contributed by atoms with Gasteiger partial charge in [0, 0.05) is 32.1 Å². The second-order valence-corrected chi connectivity index (χ2v) is 7.88. The van der Waals surface area contributed by atoms with Crippen LogP contribution in [0.4, 0.5) is 23.2 Å². The number of hydrogen-bond donors (Lipinski definition) is 0. The summed E-state index contributed by atoms with van der Waals surface area (Å²) in [5.41, 5.74) is 0.700. The van der Waals surface area contributed by atoms with E-state index >= 15 is 0 Å². The van der Waals surface area contributed by atoms with Crippen molar-refractivity contribution in [3.8, 4) is 0 Å². The molecule has 29 heavy (non-hydrogen) atoms. The lowest BCUT2D eigenvalue weighted by atomic mass is 10.1. The lowest BCUT2D eigenvalue weighted by Crippen LogP contribution is -2.49. The molecule has 0 bridgehead atoms. The molecular weight excluding hydrogens is 408 g/mol. The van der Waals surface area contributed by atoms with Gasteiger partial charge in [0.25, 0.3) is 0 Å². The fourth-order valence-electron chi connectivity index (χ4n) is 3.89. The summed E-state index contributed by atoms with van der Waals surface area (Å²) in [6.45, 7) is 2.10. The van der Waals surface area contributed by atoms with Crippen molar-refractivity contribution in [2.24, 2.45) is 5.92 Å². The molecule has 1 unspecified atom stereocenters. The van der Waals surface area contributed by atoms with Crippen molar-refractivity contribution in [1.82, 2.24) is 4.90 Å². The topological polar surface area (TPSA) is 23.6 Å². The fourth-order valence-corrected chi connectivity index (χ4v) is 4.12. The lowest BCUT2D eigenvalue weighted by molar-refractivity contribution is -0.137. The van der Waals surface area contributed by atoms with E-state index < -0.39 is 11.7 Å². The largest absolute Gasteiger partial charge is 0.416 e. The standard InChI is InChI=1S/C21H19ClF4N2O/c22-18-6-5-15(23)11-19(18)27-7-9-28(10-8-27)20(29)17-12-16(17)13-1-3-14(4-2-13)21(24,25)26/h1-6,11,16-17H,7-10,12H2/t16-,17?/m0/s1. The van der Waals surface area contributed by atoms with Crippen LogP contribution in [0.2, 0.25) is 5.02 Å². The van der Waals surface area contributed by atoms with Gasteiger partial charge >= 0.3 is 6.18 Å². The smallest absolute Gasteiger partial charge is 0.367 e. The molecule has 2 aromatic carbocycles. The number of amides is 1. The zero-order chi connectivity index (χ0) is 20.8. The van der Waals surface area contributed by atoms with Gasteiger partial charge in [-0.15, -0.1) is 0 Å². The molecule has 1 saturated carbocycles. The Labute approximate surface area is 170 Å². The summed E-state index contributed by atoms with van der Waals surface area (Å²) in [7, 11) is 0. The Morgan fingerprint density at radius 1 is 1.00 bits per heavy atom. The van der Waals surface area contributed by atoms with Crippen LogP contribution in [0.3, 0.4) is 0 Å². The van der Waals surface area contributed by atoms with Crippen molar-refractivity contribution in [3.63, 3.8) is 0 Å². The first-order valence-electron chi connectivity index (χ1n) is 9.40. The summed E-state index contributed by atoms with van der Waals surface area (Å²) in [5.74, 6) is -0.545. The first kappa shape index (κ1) is 20.0. The van der Waals surface area contributed by atoms with Gasteiger partial charge < -0.3 is 9.80 Å². The van der Waals surface area contributed by atoms with Crippen molar-refractivity contribution in [2.75, 3.05) is 31.1 Å². The molecule has 1 amide bonds. The molecular formula is C21H19ClF4N2O. The van der Waals surface area contributed by atoms with Gasteiger partial charge in [0.1, 0.15) is 5.82 Å². The maximum Gasteiger partial charge on any atom is 0.416 e. The molecule has 2 fully saturated rings. The molecule has 8 heteroatoms. The number of anilines is 1. The zero-order valence-corrected chi connectivity index (χ0v) is 16.2. The van der Waals surface area contributed by atoms with Gasteiger partial charge in [0.2, 0.25) is 5.91 Å². The average molecular weight is 427 g/mol. The van der Waals surface area contributed by atoms with Crippen molar-refractivity contribution in [1.29, 1.82) is 0 Å². The quantitative estimate of drug-likeness (QED) is 0.648. The molecule has 0 radical (unpaired) electrons. The van der Waals surface area contributed by atoms with Crippen molar-refractivity contribution < 1.29 is 22.4 Å². The van der Waals surface area contributed by atoms with E-state index in [1.165, 1.54) is 30.3 Å². The first-order chi connectivity index (χ1) is 13.7. The summed E-state index contributed by atoms with van der Waals surface area (Å²) in [6, 6.07) is 9.27. The van der Waals surface area contributed by atoms with E-state index in [1.807, 2.05) is 4.90 Å². The minimum Gasteiger partial charge on any atom is -0.367 e. The number of piperazine rings is 1. The van der Waals surface area contributed by atoms with Crippen LogP contribution in [0.15, 0.2) is 42.5 Å². The Bertz CT molecular complexity index is 908. The van der Waals surface area contributed by atoms with Crippen LogP contribution in [-0.2, 0) is 11.0 Å². The SMILES string of the molecule is O=C(C1C[C@H]1c1ccc(C(F)(F)F)cc1)N1CCN(c2cc(F)ccc2Cl)CC1. The molecule has 0 spiro atoms. The molecule has 1 aliphatic carbocycles. The van der Waals surface area contributed by atoms with E-state index in [0.717, 1.165) is 17.7 Å². The highest BCUT2D eigenvalue weighted by Gasteiger charge is 2.46. The molecule has 0 aromatic heterocycles. The van der Waals surface area contributed by atoms with Gasteiger partial charge in [0.15, 0.2) is 0 Å². The normalized spacial score (nSPS) is 22.0. The molecule has 1 saturated heterocycles. The molecule has 1 aliphatic heterocycles. The monoisotopic (exact) mass is 426 g/mol. The Kier molecular flexibility index (Phi) is 5.19. The number of benzene rings is 2. The molecule has 0 N–H and O–H groups in total. The predicted octanol–water partition coefficient (Wildman–Crippen LogP) is 4.95. The van der Waals surface area contributed by atoms with E-state index in [0.29, 0.717) is 43.3 Å². The maximum absolute atomic E-state index is 13.5. The number of carbonyl (C=O) groups excluding carboxylic acids is 1. The lowest BCUT2D eigenvalue weighted by Gasteiger charge is -2.36. The van der Waals surface area contributed by atoms with Crippen molar-refractivity contribution in [3.05, 3.63) is 64.4 Å². The van der Waals surface area contributed by atoms with Crippen LogP contribution < -0.4 is 4.90 Å². The van der Waals surface area contributed by atoms with E-state index in [2.05, 4.69) is 0 Å². The molecule has 2 aliphatic rings. The summed E-state index contributed by atoms with van der Waals surface area (Å²) in [4.78, 5) is 16.5. The first-order valence-corrected chi connectivity index (χ1v) is 9.78. The summed E-state index contributed by atoms with van der Waals surface area (Å²) in [5, 5.41) is 0.468. The zero-order valence-electron chi connectivity index (χ0n) is 15.4. The third-order valence-electron chi connectivity index (χ3n) is 5.61. The molecule has 1 heterocycles. The van der Waals surface area contributed by atoms with Crippen molar-refractivity contribution >= 4 is 23.2 Å². The number of rotatable bonds is 3. The van der Waals surface area contributed by atoms with Crippen LogP contribution in [-0.4, -0.2) is 37.0 Å². The van der Waals surface area contributed by atoms with Gasteiger partial charge in [-0.25, -0.2) is 4.39 Å². The van der Waals surface area contributed by atoms with Crippen LogP contribution >= 0.6 is 11.6 Å². The summed E-state index contributed by atoms with van der Waals surface area (Å²) >= 11 is 6.16. The molecule has 2 aromatic rings. The van der Waals surface area contributed by atoms with Gasteiger partial charge in [-0.2, -0.15) is 13.2 Å². The highest BCUT2D eigenvalue weighted by atomic mass is 35.5. The molecule has 2 atom stereocenters. The van der Waals surface area contributed by atoms with E-state index in [1.54, 1.807) is 4.90 Å². The van der Waals surface area contributed by atoms with Crippen LogP contribution in [0.5, 0.6) is 0 Å². The molecule has 154 valence electrons. The number of nitrogens with zero attached hydrogens (tertiary/aromatic N) is 2. The van der Waals surface area contributed by atoms with Crippen LogP contribution in [0, 0.1) is 11.7 Å². The Balaban J connectivity index is 1.34. The minimum atomic E-state index is -4.36. The highest BCUT2D eigenvalue weighted by Crippen LogP contribution is 2.49. The van der Waals surface area contributed by atoms with Gasteiger partial charge in [-0.05, 0) is 48.2 Å². The van der Waals surface area contributed by atoms with Gasteiger partial charge in [0.05, 0.1) is 16.3 Å². The average Bonchev–Trinajstić information content (AvgIpc) is 3.50. The van der Waals surface area contributed by atoms with E-state index in [-0.39, 0.29) is 23.6 Å². The number of hydrogen-bond acceptors (Lipinski definition) is 2. The number of halogens is 5. The maximum atomic E-state index is 13.5. The Hall–Kier alpha value is -2.28. The summed E-state index contributed by atoms with van der Waals surface area (Å²) in [6.07, 6.45) is -3.71. The highest BCUT2D eigenvalue weighted by molar-refractivity contribution is 6.33.